The molecule has 2 aromatic carbocycles. The third kappa shape index (κ3) is 8.30. The lowest BCUT2D eigenvalue weighted by atomic mass is 10.1. The molecule has 2 amide bonds. The highest BCUT2D eigenvalue weighted by molar-refractivity contribution is 8.00. The molecule has 1 aliphatic heterocycles. The Bertz CT molecular complexity index is 1990. The van der Waals surface area contributed by atoms with Crippen molar-refractivity contribution in [3.63, 3.8) is 0 Å². The molecule has 242 valence electrons. The smallest absolute Gasteiger partial charge is 0.321 e. The number of amides is 2. The molecule has 5 rings (SSSR count). The number of aliphatic hydroxyl groups excluding tert-OH is 1. The predicted molar refractivity (Wildman–Crippen MR) is 177 cm³/mol. The summed E-state index contributed by atoms with van der Waals surface area (Å²) in [6, 6.07) is 17.9. The summed E-state index contributed by atoms with van der Waals surface area (Å²) in [5.74, 6) is 4.06. The maximum Gasteiger partial charge on any atom is 0.321 e. The Morgan fingerprint density at radius 1 is 1.02 bits per heavy atom. The highest BCUT2D eigenvalue weighted by Gasteiger charge is 2.35. The highest BCUT2D eigenvalue weighted by Crippen LogP contribution is 2.19. The molecule has 0 bridgehead atoms. The van der Waals surface area contributed by atoms with Crippen LogP contribution in [0.1, 0.15) is 50.5 Å². The largest absolute Gasteiger partial charge is 0.480 e. The molecule has 0 saturated carbocycles. The van der Waals surface area contributed by atoms with Crippen LogP contribution in [0, 0.1) is 18.8 Å². The Balaban J connectivity index is 1.31. The zero-order chi connectivity index (χ0) is 33.6. The van der Waals surface area contributed by atoms with Crippen molar-refractivity contribution < 1.29 is 28.8 Å². The molecule has 0 spiro atoms. The van der Waals surface area contributed by atoms with Gasteiger partial charge >= 0.3 is 5.97 Å². The van der Waals surface area contributed by atoms with E-state index in [4.69, 9.17) is 0 Å². The van der Waals surface area contributed by atoms with Gasteiger partial charge in [0.2, 0.25) is 0 Å². The van der Waals surface area contributed by atoms with Crippen molar-refractivity contribution in [3.05, 3.63) is 107 Å². The Kier molecular flexibility index (Phi) is 10.2. The number of likely N-dealkylation sites (tertiary alicyclic amines) is 1. The monoisotopic (exact) mass is 654 g/mol. The Hall–Kier alpha value is -5.29. The molecule has 2 aromatic heterocycles. The van der Waals surface area contributed by atoms with Gasteiger partial charge in [-0.15, -0.1) is 0 Å². The van der Waals surface area contributed by atoms with Crippen LogP contribution in [0.25, 0.3) is 0 Å². The van der Waals surface area contributed by atoms with Gasteiger partial charge in [0.05, 0.1) is 27.1 Å². The lowest BCUT2D eigenvalue weighted by molar-refractivity contribution is -0.142. The number of carbonyl (C=O) groups excluding carboxylic acids is 2. The molecule has 1 aliphatic rings. The van der Waals surface area contributed by atoms with Gasteiger partial charge in [0.15, 0.2) is 0 Å². The number of carbonyl (C=O) groups is 3. The first-order valence-electron chi connectivity index (χ1n) is 14.8. The van der Waals surface area contributed by atoms with Crippen molar-refractivity contribution in [3.8, 4) is 11.8 Å². The molecule has 4 aromatic rings. The number of aliphatic hydroxyl groups is 1. The number of hydrogen-bond donors (Lipinski definition) is 4. The van der Waals surface area contributed by atoms with E-state index >= 15 is 0 Å². The van der Waals surface area contributed by atoms with Gasteiger partial charge in [0, 0.05) is 60.7 Å². The summed E-state index contributed by atoms with van der Waals surface area (Å²) in [6.45, 7) is 2.25. The molecule has 1 saturated heterocycles. The van der Waals surface area contributed by atoms with Crippen LogP contribution in [0.3, 0.4) is 0 Å². The molecular weight excluding hydrogens is 620 g/mol. The summed E-state index contributed by atoms with van der Waals surface area (Å²) in [7, 11) is -1.53. The van der Waals surface area contributed by atoms with Crippen LogP contribution in [0.5, 0.6) is 0 Å². The number of carboxylic acid groups (broad SMARTS) is 1. The van der Waals surface area contributed by atoms with Gasteiger partial charge in [-0.1, -0.05) is 36.1 Å². The minimum atomic E-state index is -3.23. The second kappa shape index (κ2) is 14.4. The number of nitrogens with one attached hydrogen (secondary N) is 2. The van der Waals surface area contributed by atoms with Crippen LogP contribution in [0.15, 0.2) is 84.0 Å². The summed E-state index contributed by atoms with van der Waals surface area (Å²) < 4.78 is 18.3. The number of β-amino-alcohol motifs (C(OH)–C–C–N with tert-alkyl or cyclic N) is 1. The minimum Gasteiger partial charge on any atom is -0.480 e. The van der Waals surface area contributed by atoms with Crippen LogP contribution in [-0.2, 0) is 21.5 Å². The number of rotatable bonds is 9. The summed E-state index contributed by atoms with van der Waals surface area (Å²) in [5, 5.41) is 28.0. The quantitative estimate of drug-likeness (QED) is 0.157. The van der Waals surface area contributed by atoms with E-state index in [1.165, 1.54) is 22.4 Å². The van der Waals surface area contributed by atoms with E-state index < -0.39 is 33.7 Å². The molecule has 12 nitrogen and oxygen atoms in total. The van der Waals surface area contributed by atoms with Crippen LogP contribution in [-0.4, -0.2) is 82.5 Å². The van der Waals surface area contributed by atoms with Crippen LogP contribution < -0.4 is 10.0 Å². The number of benzene rings is 2. The van der Waals surface area contributed by atoms with Gasteiger partial charge in [-0.2, -0.15) is 5.10 Å². The molecule has 3 atom stereocenters. The number of aryl methyl sites for hydroxylation is 2. The molecule has 0 aliphatic carbocycles. The molecule has 47 heavy (non-hydrogen) atoms. The number of anilines is 1. The Morgan fingerprint density at radius 3 is 2.51 bits per heavy atom. The molecular formula is C34H34N6O6S. The molecule has 4 N–H and O–H groups in total. The highest BCUT2D eigenvalue weighted by atomic mass is 32.2. The Morgan fingerprint density at radius 2 is 1.79 bits per heavy atom. The number of aromatic nitrogens is 3. The number of carboxylic acids is 1. The molecule has 0 radical (unpaired) electrons. The minimum absolute atomic E-state index is 0.125. The first-order valence-corrected chi connectivity index (χ1v) is 16.4. The lowest BCUT2D eigenvalue weighted by Gasteiger charge is -2.20. The van der Waals surface area contributed by atoms with Crippen molar-refractivity contribution in [1.82, 2.24) is 24.4 Å². The molecule has 1 fully saturated rings. The summed E-state index contributed by atoms with van der Waals surface area (Å²) in [6.07, 6.45) is 2.44. The van der Waals surface area contributed by atoms with Crippen molar-refractivity contribution in [2.75, 3.05) is 18.4 Å². The van der Waals surface area contributed by atoms with Crippen molar-refractivity contribution in [2.24, 2.45) is 7.05 Å². The second-order valence-electron chi connectivity index (χ2n) is 11.1. The first-order chi connectivity index (χ1) is 22.5. The van der Waals surface area contributed by atoms with Crippen molar-refractivity contribution >= 4 is 38.5 Å². The summed E-state index contributed by atoms with van der Waals surface area (Å²) in [5.41, 5.74) is 2.92. The van der Waals surface area contributed by atoms with Crippen LogP contribution >= 0.6 is 0 Å². The fraction of sp³-hybridized carbons (Fsp3) is 0.235. The fourth-order valence-electron chi connectivity index (χ4n) is 5.25. The van der Waals surface area contributed by atoms with Crippen molar-refractivity contribution in [1.29, 1.82) is 0 Å². The molecule has 2 unspecified atom stereocenters. The maximum atomic E-state index is 14.2. The number of nitrogens with zero attached hydrogens (tertiary/aromatic N) is 4. The SMILES string of the molecule is Cc1cc(C(=O)Nc2cccc(C#Cc3cncc(C(=O)NS(=O)(=CCCN4C[C@H](O)CC4C(=O)O)c4ccccc4)c3)c2)n(C)n1. The standard InChI is InChI=1S/C34H34N6O6S/c1-23-16-30(39(2)37-23)33(43)36-27-9-6-8-24(18-27)12-13-25-17-26(21-35-20-25)32(42)38-47(46,29-10-4-3-5-11-29)15-7-14-40-22-28(41)19-31(40)34(44)45/h3-6,8-11,15-18,20-21,28,31,41H,7,14,19,22H2,1-2H3,(H,36,43)(H,44,45)(H,38,42,46)/t28-,31?,47?/m1/s1. The number of hydrogen-bond acceptors (Lipinski definition) is 8. The normalized spacial score (nSPS) is 17.2. The van der Waals surface area contributed by atoms with E-state index in [1.54, 1.807) is 78.7 Å². The zero-order valence-corrected chi connectivity index (χ0v) is 26.6. The van der Waals surface area contributed by atoms with Gasteiger partial charge in [-0.05, 0) is 61.2 Å². The van der Waals surface area contributed by atoms with E-state index in [0.29, 0.717) is 27.4 Å². The maximum absolute atomic E-state index is 14.2. The fourth-order valence-corrected chi connectivity index (χ4v) is 7.04. The van der Waals surface area contributed by atoms with Gasteiger partial charge in [-0.25, -0.2) is 4.21 Å². The first kappa shape index (κ1) is 33.1. The van der Waals surface area contributed by atoms with E-state index in [0.717, 1.165) is 5.69 Å². The summed E-state index contributed by atoms with van der Waals surface area (Å²) in [4.78, 5) is 43.8. The zero-order valence-electron chi connectivity index (χ0n) is 25.8. The lowest BCUT2D eigenvalue weighted by Crippen LogP contribution is -2.37. The van der Waals surface area contributed by atoms with E-state index in [2.05, 4.69) is 32.0 Å². The van der Waals surface area contributed by atoms with Gasteiger partial charge in [0.25, 0.3) is 11.8 Å². The third-order valence-electron chi connectivity index (χ3n) is 7.48. The van der Waals surface area contributed by atoms with E-state index in [9.17, 15) is 28.8 Å². The van der Waals surface area contributed by atoms with Gasteiger partial charge in [-0.3, -0.25) is 33.7 Å². The topological polar surface area (TPSA) is 167 Å². The average Bonchev–Trinajstić information content (AvgIpc) is 3.60. The van der Waals surface area contributed by atoms with E-state index in [1.807, 2.05) is 6.92 Å². The average molecular weight is 655 g/mol. The van der Waals surface area contributed by atoms with Gasteiger partial charge < -0.3 is 15.5 Å². The number of pyridine rings is 1. The number of aliphatic carboxylic acids is 1. The summed E-state index contributed by atoms with van der Waals surface area (Å²) >= 11 is 0. The third-order valence-corrected chi connectivity index (χ3v) is 9.65. The van der Waals surface area contributed by atoms with Gasteiger partial charge in [0.1, 0.15) is 11.7 Å². The predicted octanol–water partition coefficient (Wildman–Crippen LogP) is 2.48. The van der Waals surface area contributed by atoms with Crippen molar-refractivity contribution in [2.45, 2.75) is 36.8 Å². The van der Waals surface area contributed by atoms with E-state index in [-0.39, 0.29) is 37.4 Å². The van der Waals surface area contributed by atoms with Crippen LogP contribution in [0.2, 0.25) is 0 Å². The van der Waals surface area contributed by atoms with Crippen LogP contribution in [0.4, 0.5) is 5.69 Å². The molecule has 3 heterocycles. The molecule has 13 heteroatoms. The second-order valence-corrected chi connectivity index (χ2v) is 13.3. The Labute approximate surface area is 272 Å².